The van der Waals surface area contributed by atoms with Crippen LogP contribution in [0.5, 0.6) is 5.75 Å². The lowest BCUT2D eigenvalue weighted by atomic mass is 9.98. The van der Waals surface area contributed by atoms with Gasteiger partial charge in [0.25, 0.3) is 0 Å². The predicted octanol–water partition coefficient (Wildman–Crippen LogP) is 4.84. The van der Waals surface area contributed by atoms with E-state index in [9.17, 15) is 13.2 Å². The summed E-state index contributed by atoms with van der Waals surface area (Å²) in [7, 11) is -2.18. The molecule has 2 aromatic carbocycles. The molecule has 10 heteroatoms. The van der Waals surface area contributed by atoms with Gasteiger partial charge in [-0.05, 0) is 43.2 Å². The zero-order valence-corrected chi connectivity index (χ0v) is 19.3. The van der Waals surface area contributed by atoms with Crippen molar-refractivity contribution in [1.82, 2.24) is 4.31 Å². The second-order valence-electron chi connectivity index (χ2n) is 6.99. The molecule has 1 atom stereocenters. The van der Waals surface area contributed by atoms with Crippen molar-refractivity contribution in [3.05, 3.63) is 57.0 Å². The van der Waals surface area contributed by atoms with Crippen LogP contribution in [0.3, 0.4) is 0 Å². The minimum absolute atomic E-state index is 0.0973. The molecule has 1 amide bonds. The molecule has 1 N–H and O–H groups in total. The Hall–Kier alpha value is -1.51. The summed E-state index contributed by atoms with van der Waals surface area (Å²) in [6, 6.07) is 9.79. The second kappa shape index (κ2) is 9.75. The molecule has 1 heterocycles. The third-order valence-corrected chi connectivity index (χ3v) is 7.73. The molecule has 1 fully saturated rings. The van der Waals surface area contributed by atoms with Gasteiger partial charge in [-0.2, -0.15) is 0 Å². The molecular formula is C20H21Cl3N2O4S. The molecule has 1 aliphatic rings. The van der Waals surface area contributed by atoms with Gasteiger partial charge in [-0.15, -0.1) is 0 Å². The van der Waals surface area contributed by atoms with Crippen LogP contribution in [0.2, 0.25) is 15.1 Å². The number of ether oxygens (including phenoxy) is 1. The Morgan fingerprint density at radius 1 is 1.17 bits per heavy atom. The molecule has 0 saturated carbocycles. The molecule has 162 valence electrons. The van der Waals surface area contributed by atoms with Gasteiger partial charge in [-0.25, -0.2) is 12.7 Å². The molecule has 0 bridgehead atoms. The van der Waals surface area contributed by atoms with E-state index < -0.39 is 15.9 Å². The number of hydrogen-bond donors (Lipinski definition) is 1. The smallest absolute Gasteiger partial charge is 0.228 e. The van der Waals surface area contributed by atoms with Crippen LogP contribution in [0.1, 0.15) is 18.4 Å². The summed E-state index contributed by atoms with van der Waals surface area (Å²) >= 11 is 18.4. The number of anilines is 1. The Kier molecular flexibility index (Phi) is 7.52. The maximum atomic E-state index is 12.9. The average molecular weight is 492 g/mol. The Bertz CT molecular complexity index is 1030. The molecule has 0 aliphatic carbocycles. The van der Waals surface area contributed by atoms with E-state index >= 15 is 0 Å². The van der Waals surface area contributed by atoms with Crippen LogP contribution in [-0.4, -0.2) is 38.8 Å². The number of methoxy groups -OCH3 is 1. The fraction of sp³-hybridized carbons (Fsp3) is 0.350. The summed E-state index contributed by atoms with van der Waals surface area (Å²) < 4.78 is 32.3. The Morgan fingerprint density at radius 3 is 2.50 bits per heavy atom. The highest BCUT2D eigenvalue weighted by atomic mass is 35.5. The molecule has 0 aromatic heterocycles. The van der Waals surface area contributed by atoms with Gasteiger partial charge in [-0.1, -0.05) is 40.9 Å². The van der Waals surface area contributed by atoms with Crippen molar-refractivity contribution >= 4 is 56.4 Å². The number of sulfonamides is 1. The van der Waals surface area contributed by atoms with Crippen molar-refractivity contribution in [2.75, 3.05) is 25.5 Å². The van der Waals surface area contributed by atoms with Crippen molar-refractivity contribution in [2.24, 2.45) is 5.92 Å². The van der Waals surface area contributed by atoms with E-state index in [-0.39, 0.29) is 18.2 Å². The summed E-state index contributed by atoms with van der Waals surface area (Å²) in [6.07, 6.45) is 1.17. The first-order chi connectivity index (χ1) is 14.2. The monoisotopic (exact) mass is 490 g/mol. The van der Waals surface area contributed by atoms with Crippen LogP contribution in [-0.2, 0) is 20.6 Å². The number of hydrogen-bond acceptors (Lipinski definition) is 4. The fourth-order valence-corrected chi connectivity index (χ4v) is 5.96. The summed E-state index contributed by atoms with van der Waals surface area (Å²) in [5.74, 6) is -0.542. The van der Waals surface area contributed by atoms with Gasteiger partial charge < -0.3 is 10.1 Å². The van der Waals surface area contributed by atoms with Gasteiger partial charge in [0.1, 0.15) is 5.75 Å². The van der Waals surface area contributed by atoms with E-state index in [0.29, 0.717) is 51.5 Å². The van der Waals surface area contributed by atoms with Gasteiger partial charge in [0.2, 0.25) is 15.9 Å². The minimum atomic E-state index is -3.69. The van der Waals surface area contributed by atoms with Crippen molar-refractivity contribution in [3.8, 4) is 5.75 Å². The zero-order chi connectivity index (χ0) is 21.9. The Balaban J connectivity index is 1.69. The average Bonchev–Trinajstić information content (AvgIpc) is 2.71. The summed E-state index contributed by atoms with van der Waals surface area (Å²) in [4.78, 5) is 12.7. The van der Waals surface area contributed by atoms with E-state index in [1.54, 1.807) is 36.4 Å². The van der Waals surface area contributed by atoms with Crippen LogP contribution in [0.15, 0.2) is 36.4 Å². The van der Waals surface area contributed by atoms with Gasteiger partial charge in [-0.3, -0.25) is 4.79 Å². The van der Waals surface area contributed by atoms with E-state index in [2.05, 4.69) is 5.32 Å². The maximum Gasteiger partial charge on any atom is 0.228 e. The summed E-state index contributed by atoms with van der Waals surface area (Å²) in [5.41, 5.74) is 0.883. The largest absolute Gasteiger partial charge is 0.495 e. The lowest BCUT2D eigenvalue weighted by molar-refractivity contribution is -0.120. The minimum Gasteiger partial charge on any atom is -0.495 e. The molecule has 0 radical (unpaired) electrons. The highest BCUT2D eigenvalue weighted by Gasteiger charge is 2.33. The van der Waals surface area contributed by atoms with Gasteiger partial charge in [0.15, 0.2) is 0 Å². The molecule has 3 rings (SSSR count). The van der Waals surface area contributed by atoms with Gasteiger partial charge in [0, 0.05) is 34.4 Å². The summed E-state index contributed by atoms with van der Waals surface area (Å²) in [5, 5.41) is 3.78. The Morgan fingerprint density at radius 2 is 1.87 bits per heavy atom. The number of nitrogens with one attached hydrogen (secondary N) is 1. The van der Waals surface area contributed by atoms with Crippen molar-refractivity contribution in [1.29, 1.82) is 0 Å². The number of halogens is 3. The first kappa shape index (κ1) is 23.2. The van der Waals surface area contributed by atoms with E-state index in [1.807, 2.05) is 0 Å². The molecule has 30 heavy (non-hydrogen) atoms. The summed E-state index contributed by atoms with van der Waals surface area (Å²) in [6.45, 7) is 0.447. The highest BCUT2D eigenvalue weighted by Crippen LogP contribution is 2.30. The number of nitrogens with zero attached hydrogens (tertiary/aromatic N) is 1. The molecule has 2 aromatic rings. The third-order valence-electron chi connectivity index (χ3n) is 4.96. The quantitative estimate of drug-likeness (QED) is 0.627. The van der Waals surface area contributed by atoms with Crippen LogP contribution in [0.4, 0.5) is 5.69 Å². The predicted molar refractivity (Wildman–Crippen MR) is 120 cm³/mol. The van der Waals surface area contributed by atoms with Crippen LogP contribution in [0, 0.1) is 5.92 Å². The van der Waals surface area contributed by atoms with E-state index in [1.165, 1.54) is 11.4 Å². The van der Waals surface area contributed by atoms with Crippen LogP contribution < -0.4 is 10.1 Å². The molecular weight excluding hydrogens is 471 g/mol. The third kappa shape index (κ3) is 5.39. The topological polar surface area (TPSA) is 75.7 Å². The number of amides is 1. The van der Waals surface area contributed by atoms with Gasteiger partial charge in [0.05, 0.1) is 23.8 Å². The second-order valence-corrected chi connectivity index (χ2v) is 10.2. The lowest BCUT2D eigenvalue weighted by Gasteiger charge is -2.31. The maximum absolute atomic E-state index is 12.9. The molecule has 1 aliphatic heterocycles. The van der Waals surface area contributed by atoms with Crippen LogP contribution >= 0.6 is 34.8 Å². The van der Waals surface area contributed by atoms with E-state index in [0.717, 1.165) is 0 Å². The number of carbonyl (C=O) groups is 1. The molecule has 0 spiro atoms. The van der Waals surface area contributed by atoms with Crippen LogP contribution in [0.25, 0.3) is 0 Å². The first-order valence-corrected chi connectivity index (χ1v) is 12.0. The standard InChI is InChI=1S/C20H21Cl3N2O4S/c1-29-19-8-7-14(10-18(19)23)24-20(26)13-4-3-9-25(11-13)30(27,28)12-15-16(21)5-2-6-17(15)22/h2,5-8,10,13H,3-4,9,11-12H2,1H3,(H,24,26). The highest BCUT2D eigenvalue weighted by molar-refractivity contribution is 7.88. The normalized spacial score (nSPS) is 17.5. The lowest BCUT2D eigenvalue weighted by Crippen LogP contribution is -2.44. The molecule has 1 saturated heterocycles. The molecule has 1 unspecified atom stereocenters. The molecule has 6 nitrogen and oxygen atoms in total. The number of benzene rings is 2. The van der Waals surface area contributed by atoms with E-state index in [4.69, 9.17) is 39.5 Å². The van der Waals surface area contributed by atoms with Crippen molar-refractivity contribution in [2.45, 2.75) is 18.6 Å². The van der Waals surface area contributed by atoms with Gasteiger partial charge >= 0.3 is 0 Å². The first-order valence-electron chi connectivity index (χ1n) is 9.26. The number of rotatable bonds is 6. The Labute approximate surface area is 191 Å². The fourth-order valence-electron chi connectivity index (χ4n) is 3.34. The number of piperidine rings is 1. The SMILES string of the molecule is COc1ccc(NC(=O)C2CCCN(S(=O)(=O)Cc3c(Cl)cccc3Cl)C2)cc1Cl. The van der Waals surface area contributed by atoms with Crippen molar-refractivity contribution < 1.29 is 17.9 Å². The zero-order valence-electron chi connectivity index (χ0n) is 16.2. The number of carbonyl (C=O) groups excluding carboxylic acids is 1. The van der Waals surface area contributed by atoms with Crippen molar-refractivity contribution in [3.63, 3.8) is 0 Å².